The Morgan fingerprint density at radius 3 is 2.50 bits per heavy atom. The minimum atomic E-state index is -3.99. The Bertz CT molecular complexity index is 1310. The lowest BCUT2D eigenvalue weighted by Gasteiger charge is -2.33. The zero-order valence-corrected chi connectivity index (χ0v) is 20.0. The second kappa shape index (κ2) is 9.95. The van der Waals surface area contributed by atoms with Gasteiger partial charge in [-0.1, -0.05) is 61.5 Å². The van der Waals surface area contributed by atoms with E-state index in [0.717, 1.165) is 23.8 Å². The summed E-state index contributed by atoms with van der Waals surface area (Å²) in [6.45, 7) is 3.38. The number of sulfonamides is 1. The van der Waals surface area contributed by atoms with E-state index in [1.165, 1.54) is 0 Å². The predicted octanol–water partition coefficient (Wildman–Crippen LogP) is 3.27. The Hall–Kier alpha value is -3.23. The molecule has 178 valence electrons. The van der Waals surface area contributed by atoms with Crippen LogP contribution in [0.15, 0.2) is 71.6 Å². The van der Waals surface area contributed by atoms with E-state index < -0.39 is 16.1 Å². The first-order valence-corrected chi connectivity index (χ1v) is 12.9. The molecule has 1 unspecified atom stereocenters. The molecule has 0 aliphatic carbocycles. The van der Waals surface area contributed by atoms with Crippen molar-refractivity contribution in [3.8, 4) is 0 Å². The Labute approximate surface area is 200 Å². The molecular weight excluding hydrogens is 448 g/mol. The summed E-state index contributed by atoms with van der Waals surface area (Å²) in [7, 11) is -3.99. The van der Waals surface area contributed by atoms with Gasteiger partial charge < -0.3 is 10.6 Å². The lowest BCUT2D eigenvalue weighted by Crippen LogP contribution is -2.51. The van der Waals surface area contributed by atoms with Crippen molar-refractivity contribution in [2.75, 3.05) is 13.1 Å². The minimum Gasteiger partial charge on any atom is -0.384 e. The van der Waals surface area contributed by atoms with Crippen molar-refractivity contribution in [2.24, 2.45) is 11.7 Å². The Kier molecular flexibility index (Phi) is 7.00. The fourth-order valence-corrected chi connectivity index (χ4v) is 5.83. The molecule has 4 N–H and O–H groups in total. The largest absolute Gasteiger partial charge is 0.384 e. The number of carbonyl (C=O) groups excluding carboxylic acids is 1. The van der Waals surface area contributed by atoms with Gasteiger partial charge in [0.1, 0.15) is 11.9 Å². The molecule has 0 aromatic heterocycles. The average Bonchev–Trinajstić information content (AvgIpc) is 2.83. The highest BCUT2D eigenvalue weighted by molar-refractivity contribution is 7.89. The van der Waals surface area contributed by atoms with E-state index in [2.05, 4.69) is 11.6 Å². The van der Waals surface area contributed by atoms with Crippen LogP contribution in [0.3, 0.4) is 0 Å². The first kappa shape index (κ1) is 23.9. The second-order valence-corrected chi connectivity index (χ2v) is 10.7. The van der Waals surface area contributed by atoms with E-state index in [0.29, 0.717) is 30.0 Å². The number of nitrogens with zero attached hydrogens (tertiary/aromatic N) is 1. The molecule has 0 saturated carbocycles. The summed E-state index contributed by atoms with van der Waals surface area (Å²) in [5, 5.41) is 9.12. The average molecular weight is 479 g/mol. The summed E-state index contributed by atoms with van der Waals surface area (Å²) < 4.78 is 29.8. The van der Waals surface area contributed by atoms with Crippen LogP contribution < -0.4 is 10.5 Å². The molecule has 0 bridgehead atoms. The molecule has 3 aromatic rings. The molecule has 7 nitrogen and oxygen atoms in total. The lowest BCUT2D eigenvalue weighted by molar-refractivity contribution is -0.134. The molecule has 3 aromatic carbocycles. The smallest absolute Gasteiger partial charge is 0.241 e. The van der Waals surface area contributed by atoms with Crippen LogP contribution in [0.5, 0.6) is 0 Å². The van der Waals surface area contributed by atoms with E-state index in [-0.39, 0.29) is 23.1 Å². The molecule has 1 saturated heterocycles. The summed E-state index contributed by atoms with van der Waals surface area (Å²) in [5.41, 5.74) is 6.90. The number of piperidine rings is 1. The van der Waals surface area contributed by atoms with Crippen molar-refractivity contribution in [3.05, 3.63) is 77.9 Å². The standard InChI is InChI=1S/C26H30N4O3S/c1-18-12-14-30(15-13-18)26(31)23(17-19-6-4-9-21(16-19)25(27)28)29-34(32,33)24-11-5-8-20-7-2-3-10-22(20)24/h2-11,16,18,23,29H,12-15,17H2,1H3,(H3,27,28). The van der Waals surface area contributed by atoms with E-state index in [4.69, 9.17) is 11.1 Å². The Morgan fingerprint density at radius 1 is 1.09 bits per heavy atom. The van der Waals surface area contributed by atoms with Gasteiger partial charge in [0.05, 0.1) is 4.90 Å². The number of nitrogens with two attached hydrogens (primary N) is 1. The number of hydrogen-bond donors (Lipinski definition) is 3. The molecule has 0 radical (unpaired) electrons. The topological polar surface area (TPSA) is 116 Å². The molecule has 1 aliphatic heterocycles. The van der Waals surface area contributed by atoms with Gasteiger partial charge in [-0.3, -0.25) is 10.2 Å². The number of rotatable bonds is 7. The number of hydrogen-bond acceptors (Lipinski definition) is 4. The highest BCUT2D eigenvalue weighted by atomic mass is 32.2. The molecule has 1 fully saturated rings. The zero-order chi connectivity index (χ0) is 24.3. The number of nitrogens with one attached hydrogen (secondary N) is 2. The third-order valence-corrected chi connectivity index (χ3v) is 7.94. The molecule has 4 rings (SSSR count). The Balaban J connectivity index is 1.67. The number of fused-ring (bicyclic) bond motifs is 1. The van der Waals surface area contributed by atoms with E-state index in [1.807, 2.05) is 24.3 Å². The number of amidine groups is 1. The Morgan fingerprint density at radius 2 is 1.76 bits per heavy atom. The van der Waals surface area contributed by atoms with Gasteiger partial charge in [-0.15, -0.1) is 0 Å². The van der Waals surface area contributed by atoms with E-state index in [9.17, 15) is 13.2 Å². The van der Waals surface area contributed by atoms with Crippen LogP contribution in [-0.4, -0.2) is 44.2 Å². The molecular formula is C26H30N4O3S. The molecule has 0 spiro atoms. The van der Waals surface area contributed by atoms with Crippen molar-refractivity contribution in [2.45, 2.75) is 37.1 Å². The molecule has 34 heavy (non-hydrogen) atoms. The van der Waals surface area contributed by atoms with E-state index in [1.54, 1.807) is 47.4 Å². The number of likely N-dealkylation sites (tertiary alicyclic amines) is 1. The minimum absolute atomic E-state index is 0.0777. The SMILES string of the molecule is CC1CCN(C(=O)C(Cc2cccc(C(=N)N)c2)NS(=O)(=O)c2cccc3ccccc23)CC1. The van der Waals surface area contributed by atoms with Crippen molar-refractivity contribution >= 4 is 32.5 Å². The molecule has 1 atom stereocenters. The molecule has 1 aliphatic rings. The summed E-state index contributed by atoms with van der Waals surface area (Å²) in [6, 6.07) is 18.5. The van der Waals surface area contributed by atoms with Crippen LogP contribution in [0.25, 0.3) is 10.8 Å². The zero-order valence-electron chi connectivity index (χ0n) is 19.2. The number of benzene rings is 3. The van der Waals surface area contributed by atoms with Gasteiger partial charge in [0.15, 0.2) is 0 Å². The number of carbonyl (C=O) groups is 1. The van der Waals surface area contributed by atoms with Gasteiger partial charge in [-0.2, -0.15) is 4.72 Å². The normalized spacial score (nSPS) is 15.9. The highest BCUT2D eigenvalue weighted by Crippen LogP contribution is 2.24. The summed E-state index contributed by atoms with van der Waals surface area (Å²) in [5.74, 6) is 0.233. The van der Waals surface area contributed by atoms with Crippen LogP contribution in [0.4, 0.5) is 0 Å². The molecule has 1 heterocycles. The van der Waals surface area contributed by atoms with Crippen molar-refractivity contribution in [1.82, 2.24) is 9.62 Å². The summed E-state index contributed by atoms with van der Waals surface area (Å²) in [6.07, 6.45) is 1.96. The van der Waals surface area contributed by atoms with Gasteiger partial charge in [0.2, 0.25) is 15.9 Å². The highest BCUT2D eigenvalue weighted by Gasteiger charge is 2.31. The van der Waals surface area contributed by atoms with Crippen molar-refractivity contribution < 1.29 is 13.2 Å². The predicted molar refractivity (Wildman–Crippen MR) is 134 cm³/mol. The van der Waals surface area contributed by atoms with Crippen LogP contribution in [0, 0.1) is 11.3 Å². The lowest BCUT2D eigenvalue weighted by atomic mass is 9.97. The van der Waals surface area contributed by atoms with Crippen molar-refractivity contribution in [1.29, 1.82) is 5.41 Å². The van der Waals surface area contributed by atoms with Crippen LogP contribution in [0.2, 0.25) is 0 Å². The van der Waals surface area contributed by atoms with Gasteiger partial charge >= 0.3 is 0 Å². The maximum absolute atomic E-state index is 13.5. The van der Waals surface area contributed by atoms with Gasteiger partial charge in [-0.05, 0) is 48.3 Å². The second-order valence-electron chi connectivity index (χ2n) is 8.98. The first-order chi connectivity index (χ1) is 16.2. The van der Waals surface area contributed by atoms with Crippen LogP contribution in [-0.2, 0) is 21.2 Å². The fourth-order valence-electron chi connectivity index (χ4n) is 4.41. The number of nitrogen functional groups attached to an aromatic ring is 1. The number of amides is 1. The van der Waals surface area contributed by atoms with E-state index >= 15 is 0 Å². The third kappa shape index (κ3) is 5.29. The first-order valence-electron chi connectivity index (χ1n) is 11.5. The van der Waals surface area contributed by atoms with Crippen LogP contribution >= 0.6 is 0 Å². The monoisotopic (exact) mass is 478 g/mol. The maximum atomic E-state index is 13.5. The van der Waals surface area contributed by atoms with Gasteiger partial charge in [0, 0.05) is 24.0 Å². The van der Waals surface area contributed by atoms with Crippen molar-refractivity contribution in [3.63, 3.8) is 0 Å². The maximum Gasteiger partial charge on any atom is 0.241 e. The summed E-state index contributed by atoms with van der Waals surface area (Å²) >= 11 is 0. The van der Waals surface area contributed by atoms with Gasteiger partial charge in [-0.25, -0.2) is 8.42 Å². The summed E-state index contributed by atoms with van der Waals surface area (Å²) in [4.78, 5) is 15.4. The van der Waals surface area contributed by atoms with Crippen LogP contribution in [0.1, 0.15) is 30.9 Å². The molecule has 1 amide bonds. The fraction of sp³-hybridized carbons (Fsp3) is 0.308. The third-order valence-electron chi connectivity index (χ3n) is 6.41. The van der Waals surface area contributed by atoms with Gasteiger partial charge in [0.25, 0.3) is 0 Å². The molecule has 8 heteroatoms. The quantitative estimate of drug-likeness (QED) is 0.357.